The molecule has 20 heavy (non-hydrogen) atoms. The normalized spacial score (nSPS) is 11.2. The highest BCUT2D eigenvalue weighted by Crippen LogP contribution is 2.07. The van der Waals surface area contributed by atoms with E-state index >= 15 is 0 Å². The number of amides is 1. The summed E-state index contributed by atoms with van der Waals surface area (Å²) in [4.78, 5) is 11.8. The van der Waals surface area contributed by atoms with Gasteiger partial charge >= 0.3 is 0 Å². The number of nitrogens with zero attached hydrogens (tertiary/aromatic N) is 2. The highest BCUT2D eigenvalue weighted by molar-refractivity contribution is 7.90. The van der Waals surface area contributed by atoms with Crippen molar-refractivity contribution in [3.8, 4) is 0 Å². The SMILES string of the molecule is Cc1cnn(CCC(=O)NS(=O)(=O)c2ccccc2)c1. The third-order valence-electron chi connectivity index (χ3n) is 2.63. The summed E-state index contributed by atoms with van der Waals surface area (Å²) < 4.78 is 27.5. The highest BCUT2D eigenvalue weighted by atomic mass is 32.2. The summed E-state index contributed by atoms with van der Waals surface area (Å²) >= 11 is 0. The van der Waals surface area contributed by atoms with Crippen molar-refractivity contribution >= 4 is 15.9 Å². The summed E-state index contributed by atoms with van der Waals surface area (Å²) in [5.74, 6) is -0.554. The molecule has 1 heterocycles. The van der Waals surface area contributed by atoms with Gasteiger partial charge in [-0.05, 0) is 24.6 Å². The molecule has 0 radical (unpaired) electrons. The number of sulfonamides is 1. The van der Waals surface area contributed by atoms with Crippen molar-refractivity contribution in [1.29, 1.82) is 0 Å². The summed E-state index contributed by atoms with van der Waals surface area (Å²) in [6.45, 7) is 2.23. The minimum Gasteiger partial charge on any atom is -0.274 e. The molecule has 1 amide bonds. The van der Waals surface area contributed by atoms with Crippen molar-refractivity contribution < 1.29 is 13.2 Å². The molecule has 0 bridgehead atoms. The molecule has 2 rings (SSSR count). The first-order chi connectivity index (χ1) is 9.47. The van der Waals surface area contributed by atoms with E-state index in [1.165, 1.54) is 12.1 Å². The average Bonchev–Trinajstić information content (AvgIpc) is 2.83. The number of benzene rings is 1. The minimum absolute atomic E-state index is 0.0488. The second-order valence-electron chi connectivity index (χ2n) is 4.37. The second kappa shape index (κ2) is 5.87. The number of hydrogen-bond donors (Lipinski definition) is 1. The maximum atomic E-state index is 11.9. The number of hydrogen-bond acceptors (Lipinski definition) is 4. The van der Waals surface area contributed by atoms with Gasteiger partial charge in [0, 0.05) is 19.2 Å². The lowest BCUT2D eigenvalue weighted by Crippen LogP contribution is -2.31. The monoisotopic (exact) mass is 293 g/mol. The van der Waals surface area contributed by atoms with Gasteiger partial charge < -0.3 is 0 Å². The van der Waals surface area contributed by atoms with E-state index in [2.05, 4.69) is 5.10 Å². The fourth-order valence-electron chi connectivity index (χ4n) is 1.66. The van der Waals surface area contributed by atoms with Crippen molar-refractivity contribution in [2.45, 2.75) is 24.8 Å². The molecule has 0 fully saturated rings. The van der Waals surface area contributed by atoms with E-state index in [1.54, 1.807) is 35.3 Å². The molecule has 7 heteroatoms. The predicted octanol–water partition coefficient (Wildman–Crippen LogP) is 1.09. The van der Waals surface area contributed by atoms with Gasteiger partial charge in [0.05, 0.1) is 11.1 Å². The summed E-state index contributed by atoms with van der Waals surface area (Å²) in [5.41, 5.74) is 0.988. The van der Waals surface area contributed by atoms with Gasteiger partial charge in [0.15, 0.2) is 0 Å². The first-order valence-electron chi connectivity index (χ1n) is 6.07. The van der Waals surface area contributed by atoms with Crippen LogP contribution in [-0.4, -0.2) is 24.1 Å². The summed E-state index contributed by atoms with van der Waals surface area (Å²) in [6.07, 6.45) is 3.52. The van der Waals surface area contributed by atoms with E-state index < -0.39 is 15.9 Å². The Balaban J connectivity index is 1.94. The van der Waals surface area contributed by atoms with Crippen LogP contribution in [0, 0.1) is 6.92 Å². The number of aryl methyl sites for hydroxylation is 2. The van der Waals surface area contributed by atoms with Crippen molar-refractivity contribution in [2.75, 3.05) is 0 Å². The molecule has 2 aromatic rings. The van der Waals surface area contributed by atoms with E-state index in [9.17, 15) is 13.2 Å². The van der Waals surface area contributed by atoms with Crippen molar-refractivity contribution in [2.24, 2.45) is 0 Å². The molecule has 0 saturated carbocycles. The topological polar surface area (TPSA) is 81.1 Å². The molecule has 6 nitrogen and oxygen atoms in total. The average molecular weight is 293 g/mol. The Morgan fingerprint density at radius 3 is 2.60 bits per heavy atom. The summed E-state index contributed by atoms with van der Waals surface area (Å²) in [6, 6.07) is 7.79. The Bertz CT molecular complexity index is 693. The quantitative estimate of drug-likeness (QED) is 0.894. The van der Waals surface area contributed by atoms with Crippen LogP contribution in [0.2, 0.25) is 0 Å². The zero-order chi connectivity index (χ0) is 14.6. The number of aromatic nitrogens is 2. The Morgan fingerprint density at radius 2 is 2.00 bits per heavy atom. The lowest BCUT2D eigenvalue weighted by molar-refractivity contribution is -0.119. The standard InChI is InChI=1S/C13H15N3O3S/c1-11-9-14-16(10-11)8-7-13(17)15-20(18,19)12-5-3-2-4-6-12/h2-6,9-10H,7-8H2,1H3,(H,15,17). The predicted molar refractivity (Wildman–Crippen MR) is 73.4 cm³/mol. The van der Waals surface area contributed by atoms with Gasteiger partial charge in [-0.1, -0.05) is 18.2 Å². The fraction of sp³-hybridized carbons (Fsp3) is 0.231. The first kappa shape index (κ1) is 14.3. The number of rotatable bonds is 5. The van der Waals surface area contributed by atoms with Crippen LogP contribution in [-0.2, 0) is 21.4 Å². The largest absolute Gasteiger partial charge is 0.274 e. The minimum atomic E-state index is -3.79. The van der Waals surface area contributed by atoms with Crippen LogP contribution in [0.25, 0.3) is 0 Å². The molecule has 0 unspecified atom stereocenters. The van der Waals surface area contributed by atoms with Crippen LogP contribution in [0.3, 0.4) is 0 Å². The zero-order valence-electron chi connectivity index (χ0n) is 11.0. The van der Waals surface area contributed by atoms with Gasteiger partial charge in [-0.3, -0.25) is 9.48 Å². The number of carbonyl (C=O) groups excluding carboxylic acids is 1. The molecule has 0 saturated heterocycles. The molecule has 0 aliphatic rings. The third-order valence-corrected chi connectivity index (χ3v) is 4.02. The molecule has 0 atom stereocenters. The van der Waals surface area contributed by atoms with Crippen molar-refractivity contribution in [3.63, 3.8) is 0 Å². The Kier molecular flexibility index (Phi) is 4.19. The van der Waals surface area contributed by atoms with Crippen LogP contribution in [0.4, 0.5) is 0 Å². The van der Waals surface area contributed by atoms with Gasteiger partial charge in [-0.2, -0.15) is 5.10 Å². The van der Waals surface area contributed by atoms with Crippen molar-refractivity contribution in [1.82, 2.24) is 14.5 Å². The van der Waals surface area contributed by atoms with Gasteiger partial charge in [-0.25, -0.2) is 13.1 Å². The van der Waals surface area contributed by atoms with Crippen LogP contribution >= 0.6 is 0 Å². The van der Waals surface area contributed by atoms with Gasteiger partial charge in [0.1, 0.15) is 0 Å². The molecular formula is C13H15N3O3S. The molecule has 0 spiro atoms. The maximum absolute atomic E-state index is 11.9. The lowest BCUT2D eigenvalue weighted by Gasteiger charge is -2.06. The van der Waals surface area contributed by atoms with Crippen LogP contribution in [0.5, 0.6) is 0 Å². The number of carbonyl (C=O) groups is 1. The molecular weight excluding hydrogens is 278 g/mol. The Hall–Kier alpha value is -2.15. The van der Waals surface area contributed by atoms with Gasteiger partial charge in [-0.15, -0.1) is 0 Å². The second-order valence-corrected chi connectivity index (χ2v) is 6.05. The smallest absolute Gasteiger partial charge is 0.264 e. The van der Waals surface area contributed by atoms with Crippen LogP contribution in [0.1, 0.15) is 12.0 Å². The Morgan fingerprint density at radius 1 is 1.30 bits per heavy atom. The molecule has 1 aromatic heterocycles. The summed E-state index contributed by atoms with van der Waals surface area (Å²) in [7, 11) is -3.79. The Labute approximate surface area is 117 Å². The van der Waals surface area contributed by atoms with E-state index in [0.717, 1.165) is 5.56 Å². The molecule has 1 aromatic carbocycles. The van der Waals surface area contributed by atoms with Gasteiger partial charge in [0.2, 0.25) is 5.91 Å². The molecule has 0 aliphatic heterocycles. The number of nitrogens with one attached hydrogen (secondary N) is 1. The van der Waals surface area contributed by atoms with E-state index in [0.29, 0.717) is 6.54 Å². The highest BCUT2D eigenvalue weighted by Gasteiger charge is 2.16. The van der Waals surface area contributed by atoms with E-state index in [4.69, 9.17) is 0 Å². The molecule has 1 N–H and O–H groups in total. The fourth-order valence-corrected chi connectivity index (χ4v) is 2.70. The maximum Gasteiger partial charge on any atom is 0.264 e. The third kappa shape index (κ3) is 3.67. The van der Waals surface area contributed by atoms with Crippen LogP contribution < -0.4 is 4.72 Å². The molecule has 0 aliphatic carbocycles. The van der Waals surface area contributed by atoms with E-state index in [-0.39, 0.29) is 11.3 Å². The van der Waals surface area contributed by atoms with Gasteiger partial charge in [0.25, 0.3) is 10.0 Å². The summed E-state index contributed by atoms with van der Waals surface area (Å²) in [5, 5.41) is 4.03. The lowest BCUT2D eigenvalue weighted by atomic mass is 10.4. The van der Waals surface area contributed by atoms with E-state index in [1.807, 2.05) is 11.6 Å². The van der Waals surface area contributed by atoms with Crippen LogP contribution in [0.15, 0.2) is 47.6 Å². The zero-order valence-corrected chi connectivity index (χ0v) is 11.8. The molecule has 106 valence electrons. The van der Waals surface area contributed by atoms with Crippen molar-refractivity contribution in [3.05, 3.63) is 48.3 Å². The first-order valence-corrected chi connectivity index (χ1v) is 7.55.